The molecule has 0 bridgehead atoms. The number of aryl methyl sites for hydroxylation is 1. The molecule has 31 heavy (non-hydrogen) atoms. The first-order chi connectivity index (χ1) is 14.8. The fraction of sp³-hybridized carbons (Fsp3) is 0.304. The third kappa shape index (κ3) is 5.59. The normalized spacial score (nSPS) is 11.6. The van der Waals surface area contributed by atoms with Gasteiger partial charge < -0.3 is 5.32 Å². The number of hydrogen-bond donors (Lipinski definition) is 1. The molecule has 2 aromatic carbocycles. The number of carbonyl (C=O) groups excluding carboxylic acids is 1. The van der Waals surface area contributed by atoms with Crippen LogP contribution in [0.2, 0.25) is 0 Å². The molecule has 0 saturated heterocycles. The van der Waals surface area contributed by atoms with E-state index in [-0.39, 0.29) is 10.8 Å². The molecule has 0 aliphatic rings. The van der Waals surface area contributed by atoms with E-state index in [1.807, 2.05) is 50.2 Å². The fourth-order valence-electron chi connectivity index (χ4n) is 3.17. The molecule has 0 unspecified atom stereocenters. The Kier molecular flexibility index (Phi) is 7.25. The lowest BCUT2D eigenvalue weighted by atomic mass is 10.2. The zero-order valence-corrected chi connectivity index (χ0v) is 18.9. The number of anilines is 1. The number of amides is 1. The number of aromatic nitrogens is 2. The summed E-state index contributed by atoms with van der Waals surface area (Å²) < 4.78 is 28.4. The van der Waals surface area contributed by atoms with Gasteiger partial charge in [0.1, 0.15) is 5.82 Å². The molecule has 0 saturated carbocycles. The smallest absolute Gasteiger partial charge is 0.256 e. The van der Waals surface area contributed by atoms with Gasteiger partial charge in [0, 0.05) is 25.2 Å². The number of unbranched alkanes of at least 4 members (excludes halogenated alkanes) is 1. The number of nitrogens with zero attached hydrogens (tertiary/aromatic N) is 3. The van der Waals surface area contributed by atoms with Gasteiger partial charge in [0.25, 0.3) is 5.91 Å². The fourth-order valence-corrected chi connectivity index (χ4v) is 4.38. The molecule has 8 heteroatoms. The molecule has 0 radical (unpaired) electrons. The van der Waals surface area contributed by atoms with Crippen molar-refractivity contribution in [1.82, 2.24) is 14.1 Å². The zero-order valence-electron chi connectivity index (χ0n) is 18.1. The van der Waals surface area contributed by atoms with Crippen LogP contribution in [0, 0.1) is 6.92 Å². The highest BCUT2D eigenvalue weighted by atomic mass is 32.2. The Balaban J connectivity index is 1.73. The van der Waals surface area contributed by atoms with Crippen molar-refractivity contribution in [2.45, 2.75) is 38.1 Å². The summed E-state index contributed by atoms with van der Waals surface area (Å²) in [6.45, 7) is 4.88. The van der Waals surface area contributed by atoms with Crippen molar-refractivity contribution < 1.29 is 13.2 Å². The molecule has 164 valence electrons. The monoisotopic (exact) mass is 440 g/mol. The maximum Gasteiger partial charge on any atom is 0.256 e. The number of hydrogen-bond acceptors (Lipinski definition) is 4. The minimum atomic E-state index is -3.56. The van der Waals surface area contributed by atoms with Crippen LogP contribution in [0.1, 0.15) is 41.4 Å². The number of rotatable bonds is 9. The van der Waals surface area contributed by atoms with Crippen LogP contribution in [0.15, 0.2) is 65.6 Å². The largest absolute Gasteiger partial charge is 0.307 e. The third-order valence-corrected chi connectivity index (χ3v) is 6.84. The van der Waals surface area contributed by atoms with E-state index in [9.17, 15) is 13.2 Å². The molecule has 1 amide bonds. The molecule has 0 aliphatic heterocycles. The van der Waals surface area contributed by atoms with Crippen LogP contribution in [-0.4, -0.2) is 42.0 Å². The summed E-state index contributed by atoms with van der Waals surface area (Å²) >= 11 is 0. The van der Waals surface area contributed by atoms with Crippen molar-refractivity contribution >= 4 is 21.7 Å². The SMILES string of the molecule is CCCCN(C)S(=O)(=O)c1ccc(C(=O)Nc2cc(C)nn2Cc2ccccc2)cc1. The van der Waals surface area contributed by atoms with E-state index in [1.165, 1.54) is 28.6 Å². The van der Waals surface area contributed by atoms with Gasteiger partial charge in [-0.05, 0) is 43.2 Å². The second-order valence-corrected chi connectivity index (χ2v) is 9.52. The second kappa shape index (κ2) is 9.89. The van der Waals surface area contributed by atoms with Crippen molar-refractivity contribution in [2.24, 2.45) is 0 Å². The van der Waals surface area contributed by atoms with Gasteiger partial charge in [-0.2, -0.15) is 5.10 Å². The van der Waals surface area contributed by atoms with E-state index in [0.29, 0.717) is 24.5 Å². The molecule has 0 spiro atoms. The van der Waals surface area contributed by atoms with Crippen LogP contribution in [-0.2, 0) is 16.6 Å². The summed E-state index contributed by atoms with van der Waals surface area (Å²) in [5, 5.41) is 7.34. The molecule has 1 N–H and O–H groups in total. The number of benzene rings is 2. The van der Waals surface area contributed by atoms with Gasteiger partial charge >= 0.3 is 0 Å². The van der Waals surface area contributed by atoms with Crippen molar-refractivity contribution in [2.75, 3.05) is 18.9 Å². The summed E-state index contributed by atoms with van der Waals surface area (Å²) in [6, 6.07) is 17.7. The highest BCUT2D eigenvalue weighted by molar-refractivity contribution is 7.89. The number of sulfonamides is 1. The summed E-state index contributed by atoms with van der Waals surface area (Å²) in [5.41, 5.74) is 2.24. The molecule has 3 aromatic rings. The first kappa shape index (κ1) is 22.7. The van der Waals surface area contributed by atoms with E-state index in [0.717, 1.165) is 24.1 Å². The van der Waals surface area contributed by atoms with Gasteiger partial charge in [-0.15, -0.1) is 0 Å². The van der Waals surface area contributed by atoms with E-state index in [4.69, 9.17) is 0 Å². The van der Waals surface area contributed by atoms with Crippen LogP contribution in [0.5, 0.6) is 0 Å². The zero-order chi connectivity index (χ0) is 22.4. The average Bonchev–Trinajstić information content (AvgIpc) is 3.11. The van der Waals surface area contributed by atoms with Gasteiger partial charge in [-0.25, -0.2) is 17.4 Å². The maximum atomic E-state index is 12.8. The molecular weight excluding hydrogens is 412 g/mol. The molecule has 0 fully saturated rings. The topological polar surface area (TPSA) is 84.3 Å². The Hall–Kier alpha value is -2.97. The predicted octanol–water partition coefficient (Wildman–Crippen LogP) is 3.91. The Morgan fingerprint density at radius 2 is 1.77 bits per heavy atom. The van der Waals surface area contributed by atoms with Gasteiger partial charge in [0.05, 0.1) is 17.1 Å². The molecular formula is C23H28N4O3S. The Labute approximate surface area is 183 Å². The van der Waals surface area contributed by atoms with E-state index in [2.05, 4.69) is 10.4 Å². The Morgan fingerprint density at radius 1 is 1.10 bits per heavy atom. The maximum absolute atomic E-state index is 12.8. The Morgan fingerprint density at radius 3 is 2.42 bits per heavy atom. The van der Waals surface area contributed by atoms with Crippen molar-refractivity contribution in [1.29, 1.82) is 0 Å². The van der Waals surface area contributed by atoms with Gasteiger partial charge in [0.2, 0.25) is 10.0 Å². The van der Waals surface area contributed by atoms with Crippen LogP contribution in [0.4, 0.5) is 5.82 Å². The third-order valence-electron chi connectivity index (χ3n) is 4.97. The van der Waals surface area contributed by atoms with E-state index >= 15 is 0 Å². The van der Waals surface area contributed by atoms with Crippen LogP contribution in [0.25, 0.3) is 0 Å². The first-order valence-corrected chi connectivity index (χ1v) is 11.7. The minimum Gasteiger partial charge on any atom is -0.307 e. The lowest BCUT2D eigenvalue weighted by Crippen LogP contribution is -2.28. The molecule has 7 nitrogen and oxygen atoms in total. The lowest BCUT2D eigenvalue weighted by Gasteiger charge is -2.17. The van der Waals surface area contributed by atoms with E-state index < -0.39 is 10.0 Å². The molecule has 3 rings (SSSR count). The number of nitrogens with one attached hydrogen (secondary N) is 1. The van der Waals surface area contributed by atoms with Gasteiger partial charge in [-0.1, -0.05) is 43.7 Å². The second-order valence-electron chi connectivity index (χ2n) is 7.47. The standard InChI is InChI=1S/C23H28N4O3S/c1-4-5-15-26(3)31(29,30)21-13-11-20(12-14-21)23(28)24-22-16-18(2)25-27(22)17-19-9-7-6-8-10-19/h6-14,16H,4-5,15,17H2,1-3H3,(H,24,28). The van der Waals surface area contributed by atoms with Gasteiger partial charge in [0.15, 0.2) is 0 Å². The molecule has 1 aromatic heterocycles. The van der Waals surface area contributed by atoms with Crippen LogP contribution < -0.4 is 5.32 Å². The van der Waals surface area contributed by atoms with E-state index in [1.54, 1.807) is 11.7 Å². The average molecular weight is 441 g/mol. The highest BCUT2D eigenvalue weighted by Gasteiger charge is 2.20. The quantitative estimate of drug-likeness (QED) is 0.547. The number of carbonyl (C=O) groups is 1. The highest BCUT2D eigenvalue weighted by Crippen LogP contribution is 2.18. The van der Waals surface area contributed by atoms with Gasteiger partial charge in [-0.3, -0.25) is 4.79 Å². The summed E-state index contributed by atoms with van der Waals surface area (Å²) in [5.74, 6) is 0.264. The first-order valence-electron chi connectivity index (χ1n) is 10.3. The summed E-state index contributed by atoms with van der Waals surface area (Å²) in [4.78, 5) is 12.9. The molecule has 1 heterocycles. The predicted molar refractivity (Wildman–Crippen MR) is 122 cm³/mol. The van der Waals surface area contributed by atoms with Crippen molar-refractivity contribution in [3.05, 3.63) is 77.5 Å². The lowest BCUT2D eigenvalue weighted by molar-refractivity contribution is 0.102. The molecule has 0 atom stereocenters. The van der Waals surface area contributed by atoms with Crippen LogP contribution >= 0.6 is 0 Å². The summed E-state index contributed by atoms with van der Waals surface area (Å²) in [7, 11) is -1.99. The minimum absolute atomic E-state index is 0.174. The molecule has 0 aliphatic carbocycles. The summed E-state index contributed by atoms with van der Waals surface area (Å²) in [6.07, 6.45) is 1.71. The van der Waals surface area contributed by atoms with Crippen LogP contribution in [0.3, 0.4) is 0 Å². The van der Waals surface area contributed by atoms with Crippen molar-refractivity contribution in [3.8, 4) is 0 Å². The Bertz CT molecular complexity index is 1120. The van der Waals surface area contributed by atoms with Crippen molar-refractivity contribution in [3.63, 3.8) is 0 Å².